The van der Waals surface area contributed by atoms with Gasteiger partial charge < -0.3 is 9.42 Å². The average Bonchev–Trinajstić information content (AvgIpc) is 3.21. The second-order valence-corrected chi connectivity index (χ2v) is 7.07. The fourth-order valence-corrected chi connectivity index (χ4v) is 3.40. The zero-order valence-corrected chi connectivity index (χ0v) is 15.5. The summed E-state index contributed by atoms with van der Waals surface area (Å²) in [6, 6.07) is 13.0. The lowest BCUT2D eigenvalue weighted by Crippen LogP contribution is -2.39. The highest BCUT2D eigenvalue weighted by molar-refractivity contribution is 6.30. The van der Waals surface area contributed by atoms with Crippen molar-refractivity contribution in [3.05, 3.63) is 65.1 Å². The Bertz CT molecular complexity index is 903. The fraction of sp³-hybridized carbons (Fsp3) is 0.300. The predicted octanol–water partition coefficient (Wildman–Crippen LogP) is 3.73. The van der Waals surface area contributed by atoms with Gasteiger partial charge in [0.2, 0.25) is 5.91 Å². The Kier molecular flexibility index (Phi) is 5.16. The summed E-state index contributed by atoms with van der Waals surface area (Å²) >= 11 is 5.89. The van der Waals surface area contributed by atoms with E-state index in [4.69, 9.17) is 16.1 Å². The molecule has 138 valence electrons. The number of likely N-dealkylation sites (tertiary alicyclic amines) is 1. The highest BCUT2D eigenvalue weighted by atomic mass is 35.5. The summed E-state index contributed by atoms with van der Waals surface area (Å²) in [5.41, 5.74) is 1.65. The summed E-state index contributed by atoms with van der Waals surface area (Å²) in [5, 5.41) is 4.80. The number of aromatic nitrogens is 3. The highest BCUT2D eigenvalue weighted by Crippen LogP contribution is 2.28. The van der Waals surface area contributed by atoms with E-state index in [0.717, 1.165) is 18.4 Å². The summed E-state index contributed by atoms with van der Waals surface area (Å²) in [5.74, 6) is 1.47. The largest absolute Gasteiger partial charge is 0.342 e. The van der Waals surface area contributed by atoms with Crippen LogP contribution in [0.2, 0.25) is 5.02 Å². The number of benzene rings is 1. The Morgan fingerprint density at radius 3 is 2.63 bits per heavy atom. The summed E-state index contributed by atoms with van der Waals surface area (Å²) in [4.78, 5) is 23.2. The van der Waals surface area contributed by atoms with E-state index in [2.05, 4.69) is 15.1 Å². The molecule has 1 fully saturated rings. The van der Waals surface area contributed by atoms with E-state index < -0.39 is 0 Å². The van der Waals surface area contributed by atoms with E-state index >= 15 is 0 Å². The minimum Gasteiger partial charge on any atom is -0.342 e. The standard InChI is InChI=1S/C20H19ClN4O2/c21-16-6-4-14(5-7-16)13-18(26)25-11-8-15(9-12-25)19-23-20(27-24-19)17-3-1-2-10-22-17/h1-7,10,15H,8-9,11-13H2. The lowest BCUT2D eigenvalue weighted by molar-refractivity contribution is -0.131. The maximum absolute atomic E-state index is 12.5. The number of carbonyl (C=O) groups is 1. The first-order valence-electron chi connectivity index (χ1n) is 8.96. The van der Waals surface area contributed by atoms with Crippen LogP contribution in [0.25, 0.3) is 11.6 Å². The Balaban J connectivity index is 1.34. The van der Waals surface area contributed by atoms with Crippen molar-refractivity contribution >= 4 is 17.5 Å². The Morgan fingerprint density at radius 2 is 1.93 bits per heavy atom. The van der Waals surface area contributed by atoms with E-state index in [1.807, 2.05) is 47.4 Å². The summed E-state index contributed by atoms with van der Waals surface area (Å²) < 4.78 is 5.35. The predicted molar refractivity (Wildman–Crippen MR) is 101 cm³/mol. The third-order valence-electron chi connectivity index (χ3n) is 4.81. The van der Waals surface area contributed by atoms with Gasteiger partial charge in [0.05, 0.1) is 6.42 Å². The Labute approximate surface area is 162 Å². The minimum absolute atomic E-state index is 0.137. The van der Waals surface area contributed by atoms with Gasteiger partial charge in [0.1, 0.15) is 5.69 Å². The van der Waals surface area contributed by atoms with Gasteiger partial charge in [-0.05, 0) is 42.7 Å². The van der Waals surface area contributed by atoms with E-state index in [1.165, 1.54) is 0 Å². The summed E-state index contributed by atoms with van der Waals surface area (Å²) in [6.45, 7) is 1.40. The van der Waals surface area contributed by atoms with Crippen LogP contribution in [0.3, 0.4) is 0 Å². The molecule has 3 aromatic rings. The van der Waals surface area contributed by atoms with Crippen molar-refractivity contribution in [1.29, 1.82) is 0 Å². The van der Waals surface area contributed by atoms with Crippen molar-refractivity contribution in [1.82, 2.24) is 20.0 Å². The number of hydrogen-bond acceptors (Lipinski definition) is 5. The molecule has 0 aliphatic carbocycles. The maximum atomic E-state index is 12.5. The van der Waals surface area contributed by atoms with Crippen LogP contribution in [0.4, 0.5) is 0 Å². The number of carbonyl (C=O) groups excluding carboxylic acids is 1. The topological polar surface area (TPSA) is 72.1 Å². The number of pyridine rings is 1. The van der Waals surface area contributed by atoms with Gasteiger partial charge in [-0.3, -0.25) is 9.78 Å². The van der Waals surface area contributed by atoms with Gasteiger partial charge >= 0.3 is 0 Å². The number of hydrogen-bond donors (Lipinski definition) is 0. The summed E-state index contributed by atoms with van der Waals surface area (Å²) in [7, 11) is 0. The van der Waals surface area contributed by atoms with Crippen LogP contribution in [-0.2, 0) is 11.2 Å². The first-order chi connectivity index (χ1) is 13.2. The number of halogens is 1. The van der Waals surface area contributed by atoms with E-state index in [9.17, 15) is 4.79 Å². The van der Waals surface area contributed by atoms with Gasteiger partial charge in [0.15, 0.2) is 5.82 Å². The lowest BCUT2D eigenvalue weighted by atomic mass is 9.95. The molecule has 1 aliphatic heterocycles. The van der Waals surface area contributed by atoms with Crippen molar-refractivity contribution in [2.45, 2.75) is 25.2 Å². The average molecular weight is 383 g/mol. The van der Waals surface area contributed by atoms with E-state index in [1.54, 1.807) is 6.20 Å². The third-order valence-corrected chi connectivity index (χ3v) is 5.06. The van der Waals surface area contributed by atoms with Crippen molar-refractivity contribution in [2.75, 3.05) is 13.1 Å². The number of piperidine rings is 1. The molecule has 0 bridgehead atoms. The quantitative estimate of drug-likeness (QED) is 0.687. The molecular formula is C20H19ClN4O2. The molecule has 2 aromatic heterocycles. The smallest absolute Gasteiger partial charge is 0.276 e. The molecule has 27 heavy (non-hydrogen) atoms. The molecule has 1 saturated heterocycles. The van der Waals surface area contributed by atoms with Gasteiger partial charge in [-0.1, -0.05) is 35.0 Å². The van der Waals surface area contributed by atoms with Crippen LogP contribution in [0, 0.1) is 0 Å². The number of amides is 1. The monoisotopic (exact) mass is 382 g/mol. The zero-order valence-electron chi connectivity index (χ0n) is 14.7. The van der Waals surface area contributed by atoms with E-state index in [0.29, 0.717) is 41.9 Å². The Hall–Kier alpha value is -2.73. The van der Waals surface area contributed by atoms with E-state index in [-0.39, 0.29) is 11.8 Å². The molecule has 0 spiro atoms. The molecule has 1 amide bonds. The second kappa shape index (κ2) is 7.88. The van der Waals surface area contributed by atoms with Crippen molar-refractivity contribution in [2.24, 2.45) is 0 Å². The molecule has 6 nitrogen and oxygen atoms in total. The van der Waals surface area contributed by atoms with Crippen LogP contribution < -0.4 is 0 Å². The number of nitrogens with zero attached hydrogens (tertiary/aromatic N) is 4. The number of rotatable bonds is 4. The Morgan fingerprint density at radius 1 is 1.15 bits per heavy atom. The molecular weight excluding hydrogens is 364 g/mol. The first kappa shape index (κ1) is 17.7. The third kappa shape index (κ3) is 4.17. The molecule has 7 heteroatoms. The van der Waals surface area contributed by atoms with Crippen LogP contribution in [0.5, 0.6) is 0 Å². The van der Waals surface area contributed by atoms with Crippen molar-refractivity contribution in [3.63, 3.8) is 0 Å². The van der Waals surface area contributed by atoms with Crippen LogP contribution in [0.15, 0.2) is 53.2 Å². The maximum Gasteiger partial charge on any atom is 0.276 e. The molecule has 0 radical (unpaired) electrons. The summed E-state index contributed by atoms with van der Waals surface area (Å²) in [6.07, 6.45) is 3.75. The normalized spacial score (nSPS) is 15.1. The molecule has 0 unspecified atom stereocenters. The van der Waals surface area contributed by atoms with Crippen molar-refractivity contribution in [3.8, 4) is 11.6 Å². The molecule has 1 aromatic carbocycles. The lowest BCUT2D eigenvalue weighted by Gasteiger charge is -2.30. The fourth-order valence-electron chi connectivity index (χ4n) is 3.27. The molecule has 0 saturated carbocycles. The van der Waals surface area contributed by atoms with Gasteiger partial charge in [-0.15, -0.1) is 0 Å². The van der Waals surface area contributed by atoms with Crippen LogP contribution in [0.1, 0.15) is 30.1 Å². The van der Waals surface area contributed by atoms with Gasteiger partial charge in [0.25, 0.3) is 5.89 Å². The molecule has 0 N–H and O–H groups in total. The molecule has 3 heterocycles. The molecule has 4 rings (SSSR count). The van der Waals surface area contributed by atoms with Crippen LogP contribution in [-0.4, -0.2) is 39.0 Å². The van der Waals surface area contributed by atoms with Crippen molar-refractivity contribution < 1.29 is 9.32 Å². The minimum atomic E-state index is 0.137. The first-order valence-corrected chi connectivity index (χ1v) is 9.34. The van der Waals surface area contributed by atoms with Gasteiger partial charge in [-0.25, -0.2) is 0 Å². The second-order valence-electron chi connectivity index (χ2n) is 6.63. The zero-order chi connectivity index (χ0) is 18.6. The molecule has 1 aliphatic rings. The van der Waals surface area contributed by atoms with Gasteiger partial charge in [-0.2, -0.15) is 4.98 Å². The molecule has 0 atom stereocenters. The van der Waals surface area contributed by atoms with Gasteiger partial charge in [0, 0.05) is 30.2 Å². The highest BCUT2D eigenvalue weighted by Gasteiger charge is 2.27. The van der Waals surface area contributed by atoms with Crippen LogP contribution >= 0.6 is 11.6 Å². The SMILES string of the molecule is O=C(Cc1ccc(Cl)cc1)N1CCC(c2noc(-c3ccccn3)n2)CC1.